The maximum Gasteiger partial charge on any atom is 0.419 e. The molecule has 0 aliphatic carbocycles. The number of amides is 1. The van der Waals surface area contributed by atoms with Crippen LogP contribution in [0, 0.1) is 0 Å². The van der Waals surface area contributed by atoms with Gasteiger partial charge in [-0.25, -0.2) is 9.78 Å². The third kappa shape index (κ3) is 2.39. The number of aryl methyl sites for hydroxylation is 1. The van der Waals surface area contributed by atoms with Crippen molar-refractivity contribution in [2.45, 2.75) is 18.9 Å². The molecule has 0 unspecified atom stereocenters. The summed E-state index contributed by atoms with van der Waals surface area (Å²) in [5.74, 6) is 0.626. The minimum atomic E-state index is -0.422. The molecule has 4 heterocycles. The van der Waals surface area contributed by atoms with Gasteiger partial charge in [-0.1, -0.05) is 0 Å². The van der Waals surface area contributed by atoms with Crippen LogP contribution >= 0.6 is 0 Å². The smallest absolute Gasteiger partial charge is 0.408 e. The molecule has 9 nitrogen and oxygen atoms in total. The minimum Gasteiger partial charge on any atom is -0.408 e. The van der Waals surface area contributed by atoms with Gasteiger partial charge in [0.25, 0.3) is 5.91 Å². The Bertz CT molecular complexity index is 1150. The maximum absolute atomic E-state index is 13.4. The lowest BCUT2D eigenvalue weighted by molar-refractivity contribution is 0.0988. The lowest BCUT2D eigenvalue weighted by Crippen LogP contribution is -2.39. The second kappa shape index (κ2) is 6.08. The topological polar surface area (TPSA) is 96.5 Å². The van der Waals surface area contributed by atoms with E-state index >= 15 is 0 Å². The molecule has 1 fully saturated rings. The number of carbonyl (C=O) groups is 1. The summed E-state index contributed by atoms with van der Waals surface area (Å²) in [6.07, 6.45) is 3.64. The van der Waals surface area contributed by atoms with Crippen molar-refractivity contribution in [2.24, 2.45) is 7.05 Å². The van der Waals surface area contributed by atoms with Gasteiger partial charge in [-0.3, -0.25) is 9.36 Å². The summed E-state index contributed by atoms with van der Waals surface area (Å²) in [4.78, 5) is 38.0. The lowest BCUT2D eigenvalue weighted by Gasteiger charge is -2.27. The van der Waals surface area contributed by atoms with Crippen LogP contribution in [0.25, 0.3) is 11.1 Å². The van der Waals surface area contributed by atoms with Crippen LogP contribution in [0.1, 0.15) is 23.2 Å². The molecule has 2 aliphatic rings. The van der Waals surface area contributed by atoms with E-state index in [4.69, 9.17) is 4.42 Å². The summed E-state index contributed by atoms with van der Waals surface area (Å²) in [6, 6.07) is 5.56. The van der Waals surface area contributed by atoms with Crippen molar-refractivity contribution in [1.82, 2.24) is 14.5 Å². The average Bonchev–Trinajstić information content (AvgIpc) is 3.26. The molecule has 3 aromatic rings. The molecular formula is C19H20N6O3. The predicted octanol–water partition coefficient (Wildman–Crippen LogP) is 1.59. The summed E-state index contributed by atoms with van der Waals surface area (Å²) in [5, 5.41) is 2.95. The number of nitrogens with one attached hydrogen (secondary N) is 1. The van der Waals surface area contributed by atoms with Crippen LogP contribution in [-0.2, 0) is 7.05 Å². The molecule has 1 amide bonds. The predicted molar refractivity (Wildman–Crippen MR) is 105 cm³/mol. The fraction of sp³-hybridized carbons (Fsp3) is 0.368. The number of fused-ring (bicyclic) bond motifs is 4. The first-order chi connectivity index (χ1) is 13.6. The summed E-state index contributed by atoms with van der Waals surface area (Å²) in [7, 11) is 3.42. The van der Waals surface area contributed by atoms with Crippen LogP contribution in [0.5, 0.6) is 0 Å². The van der Waals surface area contributed by atoms with Crippen molar-refractivity contribution in [3.63, 3.8) is 0 Å². The first kappa shape index (κ1) is 16.8. The van der Waals surface area contributed by atoms with Crippen LogP contribution in [0.4, 0.5) is 17.5 Å². The number of hydrogen-bond acceptors (Lipinski definition) is 7. The molecule has 1 N–H and O–H groups in total. The number of oxazole rings is 1. The molecule has 0 saturated carbocycles. The van der Waals surface area contributed by atoms with Crippen molar-refractivity contribution < 1.29 is 9.21 Å². The van der Waals surface area contributed by atoms with E-state index in [-0.39, 0.29) is 11.9 Å². The zero-order valence-electron chi connectivity index (χ0n) is 15.7. The monoisotopic (exact) mass is 380 g/mol. The van der Waals surface area contributed by atoms with Gasteiger partial charge in [-0.05, 0) is 31.0 Å². The Labute approximate surface area is 160 Å². The zero-order chi connectivity index (χ0) is 19.4. The highest BCUT2D eigenvalue weighted by molar-refractivity contribution is 6.10. The number of nitrogens with zero attached hydrogens (tertiary/aromatic N) is 5. The Morgan fingerprint density at radius 3 is 2.96 bits per heavy atom. The fourth-order valence-electron chi connectivity index (χ4n) is 4.11. The Balaban J connectivity index is 1.65. The SMILES string of the molecule is CNc1ncc2c(n1)N1CCC[C@H]1CN(c1ccc3oc(=O)n(C)c3c1)C2=O. The maximum atomic E-state index is 13.4. The summed E-state index contributed by atoms with van der Waals surface area (Å²) in [6.45, 7) is 1.43. The zero-order valence-corrected chi connectivity index (χ0v) is 15.7. The Morgan fingerprint density at radius 1 is 1.29 bits per heavy atom. The normalized spacial score (nSPS) is 18.9. The largest absolute Gasteiger partial charge is 0.419 e. The van der Waals surface area contributed by atoms with Gasteiger partial charge in [0, 0.05) is 45.1 Å². The number of carbonyl (C=O) groups excluding carboxylic acids is 1. The second-order valence-electron chi connectivity index (χ2n) is 7.17. The molecule has 0 radical (unpaired) electrons. The van der Waals surface area contributed by atoms with E-state index in [1.54, 1.807) is 31.3 Å². The molecule has 28 heavy (non-hydrogen) atoms. The van der Waals surface area contributed by atoms with Gasteiger partial charge in [0.2, 0.25) is 5.95 Å². The molecule has 0 spiro atoms. The van der Waals surface area contributed by atoms with Crippen LogP contribution in [0.2, 0.25) is 0 Å². The van der Waals surface area contributed by atoms with E-state index in [9.17, 15) is 9.59 Å². The Kier molecular flexibility index (Phi) is 3.65. The average molecular weight is 380 g/mol. The van der Waals surface area contributed by atoms with E-state index in [0.29, 0.717) is 35.0 Å². The first-order valence-corrected chi connectivity index (χ1v) is 9.29. The number of benzene rings is 1. The number of anilines is 3. The van der Waals surface area contributed by atoms with Crippen LogP contribution in [0.15, 0.2) is 33.6 Å². The summed E-state index contributed by atoms with van der Waals surface area (Å²) < 4.78 is 6.66. The van der Waals surface area contributed by atoms with Crippen molar-refractivity contribution in [2.75, 3.05) is 35.3 Å². The van der Waals surface area contributed by atoms with Gasteiger partial charge in [0.15, 0.2) is 5.58 Å². The molecule has 1 saturated heterocycles. The molecule has 2 aromatic heterocycles. The highest BCUT2D eigenvalue weighted by Gasteiger charge is 2.37. The third-order valence-corrected chi connectivity index (χ3v) is 5.60. The third-order valence-electron chi connectivity index (χ3n) is 5.60. The van der Waals surface area contributed by atoms with E-state index in [1.165, 1.54) is 4.57 Å². The van der Waals surface area contributed by atoms with E-state index < -0.39 is 5.76 Å². The summed E-state index contributed by atoms with van der Waals surface area (Å²) in [5.41, 5.74) is 2.38. The molecule has 144 valence electrons. The Hall–Kier alpha value is -3.36. The van der Waals surface area contributed by atoms with Crippen LogP contribution in [-0.4, -0.2) is 46.6 Å². The fourth-order valence-corrected chi connectivity index (χ4v) is 4.11. The first-order valence-electron chi connectivity index (χ1n) is 9.29. The second-order valence-corrected chi connectivity index (χ2v) is 7.17. The van der Waals surface area contributed by atoms with Crippen LogP contribution < -0.4 is 20.9 Å². The van der Waals surface area contributed by atoms with Gasteiger partial charge in [-0.15, -0.1) is 0 Å². The molecule has 0 bridgehead atoms. The molecule has 2 aliphatic heterocycles. The highest BCUT2D eigenvalue weighted by Crippen LogP contribution is 2.34. The van der Waals surface area contributed by atoms with E-state index in [0.717, 1.165) is 25.1 Å². The number of hydrogen-bond donors (Lipinski definition) is 1. The van der Waals surface area contributed by atoms with Crippen LogP contribution in [0.3, 0.4) is 0 Å². The lowest BCUT2D eigenvalue weighted by atomic mass is 10.2. The number of aromatic nitrogens is 3. The van der Waals surface area contributed by atoms with Crippen molar-refractivity contribution in [1.29, 1.82) is 0 Å². The molecule has 5 rings (SSSR count). The van der Waals surface area contributed by atoms with E-state index in [1.807, 2.05) is 12.1 Å². The van der Waals surface area contributed by atoms with Crippen molar-refractivity contribution >= 4 is 34.5 Å². The molecular weight excluding hydrogens is 360 g/mol. The highest BCUT2D eigenvalue weighted by atomic mass is 16.4. The van der Waals surface area contributed by atoms with Crippen molar-refractivity contribution in [3.05, 3.63) is 40.5 Å². The number of rotatable bonds is 2. The standard InChI is InChI=1S/C19H20N6O3/c1-20-18-21-9-13-16(22-18)24-7-3-4-12(24)10-25(17(13)26)11-5-6-15-14(8-11)23(2)19(27)28-15/h5-6,8-9,12H,3-4,7,10H2,1-2H3,(H,20,21,22)/t12-/m0/s1. The Morgan fingerprint density at radius 2 is 2.14 bits per heavy atom. The minimum absolute atomic E-state index is 0.139. The summed E-state index contributed by atoms with van der Waals surface area (Å²) >= 11 is 0. The quantitative estimate of drug-likeness (QED) is 0.721. The molecule has 9 heteroatoms. The van der Waals surface area contributed by atoms with Gasteiger partial charge in [0.1, 0.15) is 11.4 Å². The molecule has 1 aromatic carbocycles. The molecule has 1 atom stereocenters. The van der Waals surface area contributed by atoms with E-state index in [2.05, 4.69) is 20.2 Å². The van der Waals surface area contributed by atoms with Gasteiger partial charge in [-0.2, -0.15) is 4.98 Å². The van der Waals surface area contributed by atoms with Gasteiger partial charge in [0.05, 0.1) is 5.52 Å². The van der Waals surface area contributed by atoms with Crippen molar-refractivity contribution in [3.8, 4) is 0 Å². The van der Waals surface area contributed by atoms with Gasteiger partial charge < -0.3 is 19.5 Å². The van der Waals surface area contributed by atoms with Gasteiger partial charge >= 0.3 is 5.76 Å².